The van der Waals surface area contributed by atoms with E-state index >= 15 is 0 Å². The number of nitrogens with zero attached hydrogens (tertiary/aromatic N) is 2. The molecule has 0 aromatic heterocycles. The number of carbonyl (C=O) groups is 2. The van der Waals surface area contributed by atoms with Gasteiger partial charge in [0.2, 0.25) is 11.8 Å². The Labute approximate surface area is 151 Å². The van der Waals surface area contributed by atoms with Crippen molar-refractivity contribution >= 4 is 34.8 Å². The zero-order chi connectivity index (χ0) is 18.4. The Balaban J connectivity index is 2.07. The van der Waals surface area contributed by atoms with Gasteiger partial charge in [-0.1, -0.05) is 23.7 Å². The molecular weight excluding hydrogens is 338 g/mol. The molecule has 0 aliphatic heterocycles. The number of halogens is 1. The fourth-order valence-electron chi connectivity index (χ4n) is 2.48. The van der Waals surface area contributed by atoms with Crippen LogP contribution in [0, 0.1) is 18.3 Å². The van der Waals surface area contributed by atoms with E-state index in [1.807, 2.05) is 13.0 Å². The van der Waals surface area contributed by atoms with Gasteiger partial charge in [-0.15, -0.1) is 0 Å². The zero-order valence-corrected chi connectivity index (χ0v) is 14.8. The number of nitriles is 1. The molecule has 0 bridgehead atoms. The predicted octanol–water partition coefficient (Wildman–Crippen LogP) is 3.90. The van der Waals surface area contributed by atoms with Crippen molar-refractivity contribution in [3.05, 3.63) is 58.6 Å². The average molecular weight is 356 g/mol. The predicted molar refractivity (Wildman–Crippen MR) is 98.6 cm³/mol. The second-order valence-corrected chi connectivity index (χ2v) is 5.99. The number of amides is 2. The molecule has 0 heterocycles. The fraction of sp³-hybridized carbons (Fsp3) is 0.211. The number of carbonyl (C=O) groups excluding carboxylic acids is 2. The van der Waals surface area contributed by atoms with Crippen LogP contribution in [0.25, 0.3) is 0 Å². The van der Waals surface area contributed by atoms with Gasteiger partial charge in [0.05, 0.1) is 11.3 Å². The molecule has 2 aromatic rings. The standard InChI is InChI=1S/C19H18ClN3O2/c1-13-11-16(20)7-8-18(13)23(14(2)24)10-9-19(25)22-17-6-4-3-5-15(17)12-21/h3-8,11H,9-10H2,1-2H3,(H,22,25). The minimum atomic E-state index is -0.263. The van der Waals surface area contributed by atoms with Crippen molar-refractivity contribution < 1.29 is 9.59 Å². The third-order valence-electron chi connectivity index (χ3n) is 3.71. The summed E-state index contributed by atoms with van der Waals surface area (Å²) in [6, 6.07) is 14.1. The quantitative estimate of drug-likeness (QED) is 0.883. The average Bonchev–Trinajstić information content (AvgIpc) is 2.57. The Morgan fingerprint density at radius 2 is 1.96 bits per heavy atom. The molecule has 2 rings (SSSR count). The van der Waals surface area contributed by atoms with Crippen molar-refractivity contribution in [1.29, 1.82) is 5.26 Å². The summed E-state index contributed by atoms with van der Waals surface area (Å²) in [5.41, 5.74) is 2.44. The molecule has 0 saturated heterocycles. The number of anilines is 2. The molecule has 128 valence electrons. The van der Waals surface area contributed by atoms with Crippen LogP contribution in [0.5, 0.6) is 0 Å². The van der Waals surface area contributed by atoms with E-state index in [4.69, 9.17) is 16.9 Å². The van der Waals surface area contributed by atoms with Gasteiger partial charge in [-0.2, -0.15) is 5.26 Å². The third-order valence-corrected chi connectivity index (χ3v) is 3.95. The topological polar surface area (TPSA) is 73.2 Å². The SMILES string of the molecule is CC(=O)N(CCC(=O)Nc1ccccc1C#N)c1ccc(Cl)cc1C. The second kappa shape index (κ2) is 8.32. The van der Waals surface area contributed by atoms with Gasteiger partial charge in [0.15, 0.2) is 0 Å². The number of rotatable bonds is 5. The van der Waals surface area contributed by atoms with E-state index in [2.05, 4.69) is 5.32 Å². The van der Waals surface area contributed by atoms with Crippen molar-refractivity contribution in [3.8, 4) is 6.07 Å². The molecule has 0 spiro atoms. The summed E-state index contributed by atoms with van der Waals surface area (Å²) in [6.45, 7) is 3.55. The highest BCUT2D eigenvalue weighted by Crippen LogP contribution is 2.24. The van der Waals surface area contributed by atoms with E-state index in [0.29, 0.717) is 16.3 Å². The van der Waals surface area contributed by atoms with Crippen LogP contribution in [0.4, 0.5) is 11.4 Å². The van der Waals surface area contributed by atoms with Gasteiger partial charge in [-0.3, -0.25) is 9.59 Å². The molecule has 0 radical (unpaired) electrons. The summed E-state index contributed by atoms with van der Waals surface area (Å²) in [4.78, 5) is 25.7. The summed E-state index contributed by atoms with van der Waals surface area (Å²) >= 11 is 5.95. The van der Waals surface area contributed by atoms with Crippen molar-refractivity contribution in [3.63, 3.8) is 0 Å². The number of nitrogens with one attached hydrogen (secondary N) is 1. The summed E-state index contributed by atoms with van der Waals surface area (Å²) in [5, 5.41) is 12.4. The third kappa shape index (κ3) is 4.82. The lowest BCUT2D eigenvalue weighted by molar-refractivity contribution is -0.117. The van der Waals surface area contributed by atoms with Gasteiger partial charge in [-0.05, 0) is 42.8 Å². The molecule has 0 aliphatic carbocycles. The normalized spacial score (nSPS) is 10.0. The Bertz CT molecular complexity index is 843. The smallest absolute Gasteiger partial charge is 0.226 e. The maximum Gasteiger partial charge on any atom is 0.226 e. The maximum absolute atomic E-state index is 12.2. The summed E-state index contributed by atoms with van der Waals surface area (Å²) in [6.07, 6.45) is 0.113. The highest BCUT2D eigenvalue weighted by Gasteiger charge is 2.16. The fourth-order valence-corrected chi connectivity index (χ4v) is 2.71. The van der Waals surface area contributed by atoms with Gasteiger partial charge >= 0.3 is 0 Å². The van der Waals surface area contributed by atoms with Crippen molar-refractivity contribution in [2.24, 2.45) is 0 Å². The van der Waals surface area contributed by atoms with Crippen molar-refractivity contribution in [2.45, 2.75) is 20.3 Å². The van der Waals surface area contributed by atoms with Gasteiger partial charge < -0.3 is 10.2 Å². The lowest BCUT2D eigenvalue weighted by Crippen LogP contribution is -2.32. The summed E-state index contributed by atoms with van der Waals surface area (Å²) in [7, 11) is 0. The number of hydrogen-bond acceptors (Lipinski definition) is 3. The molecular formula is C19H18ClN3O2. The van der Waals surface area contributed by atoms with E-state index in [9.17, 15) is 9.59 Å². The molecule has 0 unspecified atom stereocenters. The molecule has 2 amide bonds. The van der Waals surface area contributed by atoms with E-state index in [1.54, 1.807) is 47.4 Å². The molecule has 5 nitrogen and oxygen atoms in total. The highest BCUT2D eigenvalue weighted by atomic mass is 35.5. The first-order chi connectivity index (χ1) is 11.9. The Morgan fingerprint density at radius 1 is 1.24 bits per heavy atom. The van der Waals surface area contributed by atoms with Crippen LogP contribution < -0.4 is 10.2 Å². The number of hydrogen-bond donors (Lipinski definition) is 1. The molecule has 1 N–H and O–H groups in total. The summed E-state index contributed by atoms with van der Waals surface area (Å²) in [5.74, 6) is -0.420. The van der Waals surface area contributed by atoms with Gasteiger partial charge in [-0.25, -0.2) is 0 Å². The number of benzene rings is 2. The van der Waals surface area contributed by atoms with Gasteiger partial charge in [0.25, 0.3) is 0 Å². The Morgan fingerprint density at radius 3 is 2.60 bits per heavy atom. The molecule has 2 aromatic carbocycles. The molecule has 0 atom stereocenters. The molecule has 0 saturated carbocycles. The number of para-hydroxylation sites is 1. The van der Waals surface area contributed by atoms with Crippen molar-refractivity contribution in [2.75, 3.05) is 16.8 Å². The highest BCUT2D eigenvalue weighted by molar-refractivity contribution is 6.30. The lowest BCUT2D eigenvalue weighted by Gasteiger charge is -2.23. The largest absolute Gasteiger partial charge is 0.325 e. The lowest BCUT2D eigenvalue weighted by atomic mass is 10.1. The first kappa shape index (κ1) is 18.5. The number of aryl methyl sites for hydroxylation is 1. The Kier molecular flexibility index (Phi) is 6.15. The van der Waals surface area contributed by atoms with Crippen LogP contribution in [-0.2, 0) is 9.59 Å². The van der Waals surface area contributed by atoms with Crippen LogP contribution in [-0.4, -0.2) is 18.4 Å². The first-order valence-electron chi connectivity index (χ1n) is 7.75. The van der Waals surface area contributed by atoms with Gasteiger partial charge in [0, 0.05) is 30.6 Å². The van der Waals surface area contributed by atoms with Crippen LogP contribution in [0.15, 0.2) is 42.5 Å². The van der Waals surface area contributed by atoms with E-state index in [1.165, 1.54) is 6.92 Å². The second-order valence-electron chi connectivity index (χ2n) is 5.56. The van der Waals surface area contributed by atoms with Crippen LogP contribution >= 0.6 is 11.6 Å². The molecule has 0 fully saturated rings. The van der Waals surface area contributed by atoms with Crippen LogP contribution in [0.2, 0.25) is 5.02 Å². The molecule has 25 heavy (non-hydrogen) atoms. The summed E-state index contributed by atoms with van der Waals surface area (Å²) < 4.78 is 0. The maximum atomic E-state index is 12.2. The minimum Gasteiger partial charge on any atom is -0.325 e. The van der Waals surface area contributed by atoms with Gasteiger partial charge in [0.1, 0.15) is 6.07 Å². The minimum absolute atomic E-state index is 0.113. The monoisotopic (exact) mass is 355 g/mol. The van der Waals surface area contributed by atoms with Crippen LogP contribution in [0.3, 0.4) is 0 Å². The molecule has 0 aliphatic rings. The Hall–Kier alpha value is -2.84. The van der Waals surface area contributed by atoms with Crippen LogP contribution in [0.1, 0.15) is 24.5 Å². The zero-order valence-electron chi connectivity index (χ0n) is 14.0. The molecule has 6 heteroatoms. The van der Waals surface area contributed by atoms with Crippen molar-refractivity contribution in [1.82, 2.24) is 0 Å². The van der Waals surface area contributed by atoms with E-state index in [0.717, 1.165) is 11.3 Å². The van der Waals surface area contributed by atoms with E-state index in [-0.39, 0.29) is 24.8 Å². The van der Waals surface area contributed by atoms with E-state index < -0.39 is 0 Å². The first-order valence-corrected chi connectivity index (χ1v) is 8.13.